The summed E-state index contributed by atoms with van der Waals surface area (Å²) < 4.78 is 7.50. The van der Waals surface area contributed by atoms with Gasteiger partial charge in [-0.2, -0.15) is 5.10 Å². The number of nitrogens with two attached hydrogens (primary N) is 1. The van der Waals surface area contributed by atoms with Crippen molar-refractivity contribution in [1.29, 1.82) is 0 Å². The Morgan fingerprint density at radius 1 is 1.39 bits per heavy atom. The van der Waals surface area contributed by atoms with E-state index < -0.39 is 0 Å². The molecule has 1 unspecified atom stereocenters. The molecular formula is C13H24N4O. The first kappa shape index (κ1) is 13.4. The molecule has 0 aromatic carbocycles. The lowest BCUT2D eigenvalue weighted by molar-refractivity contribution is 0.152. The van der Waals surface area contributed by atoms with Gasteiger partial charge in [0.2, 0.25) is 0 Å². The summed E-state index contributed by atoms with van der Waals surface area (Å²) in [4.78, 5) is 2.38. The zero-order valence-corrected chi connectivity index (χ0v) is 11.6. The average molecular weight is 252 g/mol. The Bertz CT molecular complexity index is 392. The number of nitrogens with zero attached hydrogens (tertiary/aromatic N) is 3. The van der Waals surface area contributed by atoms with E-state index in [9.17, 15) is 0 Å². The van der Waals surface area contributed by atoms with Crippen LogP contribution in [-0.4, -0.2) is 42.1 Å². The van der Waals surface area contributed by atoms with E-state index in [1.54, 1.807) is 0 Å². The minimum absolute atomic E-state index is 0.162. The fourth-order valence-corrected chi connectivity index (χ4v) is 2.60. The van der Waals surface area contributed by atoms with Crippen molar-refractivity contribution in [3.05, 3.63) is 11.3 Å². The van der Waals surface area contributed by atoms with Gasteiger partial charge in [-0.1, -0.05) is 0 Å². The largest absolute Gasteiger partial charge is 0.380 e. The highest BCUT2D eigenvalue weighted by molar-refractivity contribution is 5.50. The van der Waals surface area contributed by atoms with Crippen LogP contribution in [0.5, 0.6) is 0 Å². The molecule has 1 saturated heterocycles. The van der Waals surface area contributed by atoms with Gasteiger partial charge in [-0.25, -0.2) is 0 Å². The first-order valence-corrected chi connectivity index (χ1v) is 6.70. The predicted molar refractivity (Wildman–Crippen MR) is 72.9 cm³/mol. The molecule has 1 fully saturated rings. The maximum atomic E-state index is 5.95. The zero-order valence-electron chi connectivity index (χ0n) is 11.6. The number of ether oxygens (including phenoxy) is 1. The van der Waals surface area contributed by atoms with Gasteiger partial charge in [-0.15, -0.1) is 0 Å². The van der Waals surface area contributed by atoms with Crippen molar-refractivity contribution in [2.24, 2.45) is 12.8 Å². The SMILES string of the molecule is Cc1nn(C)c(N2CCCOCC2)c1CC(C)N. The van der Waals surface area contributed by atoms with Gasteiger partial charge in [-0.3, -0.25) is 4.68 Å². The Labute approximate surface area is 109 Å². The van der Waals surface area contributed by atoms with E-state index in [1.807, 2.05) is 18.7 Å². The average Bonchev–Trinajstić information content (AvgIpc) is 2.52. The maximum absolute atomic E-state index is 5.95. The predicted octanol–water partition coefficient (Wildman–Crippen LogP) is 0.845. The highest BCUT2D eigenvalue weighted by atomic mass is 16.5. The van der Waals surface area contributed by atoms with Crippen molar-refractivity contribution >= 4 is 5.82 Å². The summed E-state index contributed by atoms with van der Waals surface area (Å²) in [5.74, 6) is 1.22. The van der Waals surface area contributed by atoms with Crippen LogP contribution in [0.1, 0.15) is 24.6 Å². The third-order valence-electron chi connectivity index (χ3n) is 3.36. The molecule has 1 aromatic rings. The van der Waals surface area contributed by atoms with Crippen LogP contribution >= 0.6 is 0 Å². The summed E-state index contributed by atoms with van der Waals surface area (Å²) in [6.07, 6.45) is 1.95. The molecule has 2 heterocycles. The lowest BCUT2D eigenvalue weighted by Gasteiger charge is -2.24. The third kappa shape index (κ3) is 2.84. The molecule has 1 aromatic heterocycles. The summed E-state index contributed by atoms with van der Waals surface area (Å²) in [6, 6.07) is 0.162. The number of aromatic nitrogens is 2. The molecule has 0 radical (unpaired) electrons. The standard InChI is InChI=1S/C13H24N4O/c1-10(14)9-12-11(2)15-16(3)13(12)17-5-4-7-18-8-6-17/h10H,4-9,14H2,1-3H3. The van der Waals surface area contributed by atoms with Crippen LogP contribution in [0.3, 0.4) is 0 Å². The van der Waals surface area contributed by atoms with Crippen LogP contribution < -0.4 is 10.6 Å². The van der Waals surface area contributed by atoms with E-state index in [2.05, 4.69) is 16.9 Å². The van der Waals surface area contributed by atoms with Crippen LogP contribution in [0.2, 0.25) is 0 Å². The molecule has 2 N–H and O–H groups in total. The van der Waals surface area contributed by atoms with Crippen LogP contribution in [0.4, 0.5) is 5.82 Å². The van der Waals surface area contributed by atoms with Crippen molar-refractivity contribution in [3.63, 3.8) is 0 Å². The normalized spacial score (nSPS) is 18.8. The second kappa shape index (κ2) is 5.71. The number of anilines is 1. The Hall–Kier alpha value is -1.07. The molecule has 1 aliphatic rings. The summed E-state index contributed by atoms with van der Waals surface area (Å²) in [6.45, 7) is 7.73. The fourth-order valence-electron chi connectivity index (χ4n) is 2.60. The molecule has 5 nitrogen and oxygen atoms in total. The Morgan fingerprint density at radius 2 is 2.17 bits per heavy atom. The lowest BCUT2D eigenvalue weighted by Crippen LogP contribution is -2.30. The van der Waals surface area contributed by atoms with Crippen LogP contribution in [0, 0.1) is 6.92 Å². The summed E-state index contributed by atoms with van der Waals surface area (Å²) in [5.41, 5.74) is 8.33. The summed E-state index contributed by atoms with van der Waals surface area (Å²) in [5, 5.41) is 4.55. The number of rotatable bonds is 3. The van der Waals surface area contributed by atoms with E-state index in [0.29, 0.717) is 0 Å². The number of hydrogen-bond donors (Lipinski definition) is 1. The zero-order chi connectivity index (χ0) is 13.1. The molecule has 1 aliphatic heterocycles. The minimum atomic E-state index is 0.162. The number of hydrogen-bond acceptors (Lipinski definition) is 4. The van der Waals surface area contributed by atoms with E-state index >= 15 is 0 Å². The highest BCUT2D eigenvalue weighted by Crippen LogP contribution is 2.25. The van der Waals surface area contributed by atoms with Gasteiger partial charge in [0.1, 0.15) is 5.82 Å². The smallest absolute Gasteiger partial charge is 0.130 e. The second-order valence-corrected chi connectivity index (χ2v) is 5.15. The van der Waals surface area contributed by atoms with E-state index in [1.165, 1.54) is 11.4 Å². The van der Waals surface area contributed by atoms with Crippen molar-refractivity contribution in [1.82, 2.24) is 9.78 Å². The highest BCUT2D eigenvalue weighted by Gasteiger charge is 2.21. The topological polar surface area (TPSA) is 56.3 Å². The third-order valence-corrected chi connectivity index (χ3v) is 3.36. The van der Waals surface area contributed by atoms with Crippen molar-refractivity contribution in [2.75, 3.05) is 31.2 Å². The lowest BCUT2D eigenvalue weighted by atomic mass is 10.1. The number of aryl methyl sites for hydroxylation is 2. The molecule has 18 heavy (non-hydrogen) atoms. The molecule has 1 atom stereocenters. The molecule has 0 aliphatic carbocycles. The second-order valence-electron chi connectivity index (χ2n) is 5.15. The van der Waals surface area contributed by atoms with Crippen molar-refractivity contribution in [2.45, 2.75) is 32.7 Å². The van der Waals surface area contributed by atoms with Gasteiger partial charge >= 0.3 is 0 Å². The van der Waals surface area contributed by atoms with Gasteiger partial charge in [0.25, 0.3) is 0 Å². The maximum Gasteiger partial charge on any atom is 0.130 e. The van der Waals surface area contributed by atoms with E-state index in [0.717, 1.165) is 44.8 Å². The van der Waals surface area contributed by atoms with Gasteiger partial charge in [0, 0.05) is 38.3 Å². The van der Waals surface area contributed by atoms with Crippen LogP contribution in [-0.2, 0) is 18.2 Å². The molecule has 0 spiro atoms. The molecule has 5 heteroatoms. The van der Waals surface area contributed by atoms with E-state index in [-0.39, 0.29) is 6.04 Å². The van der Waals surface area contributed by atoms with Crippen molar-refractivity contribution in [3.8, 4) is 0 Å². The molecule has 2 rings (SSSR count). The molecule has 0 saturated carbocycles. The van der Waals surface area contributed by atoms with Crippen LogP contribution in [0.15, 0.2) is 0 Å². The summed E-state index contributed by atoms with van der Waals surface area (Å²) >= 11 is 0. The molecular weight excluding hydrogens is 228 g/mol. The summed E-state index contributed by atoms with van der Waals surface area (Å²) in [7, 11) is 2.01. The van der Waals surface area contributed by atoms with Gasteiger partial charge in [0.15, 0.2) is 0 Å². The molecule has 0 amide bonds. The Morgan fingerprint density at radius 3 is 2.89 bits per heavy atom. The Kier molecular flexibility index (Phi) is 4.24. The monoisotopic (exact) mass is 252 g/mol. The van der Waals surface area contributed by atoms with Gasteiger partial charge < -0.3 is 15.4 Å². The first-order chi connectivity index (χ1) is 8.59. The first-order valence-electron chi connectivity index (χ1n) is 6.70. The van der Waals surface area contributed by atoms with Crippen LogP contribution in [0.25, 0.3) is 0 Å². The van der Waals surface area contributed by atoms with E-state index in [4.69, 9.17) is 10.5 Å². The molecule has 102 valence electrons. The molecule has 0 bridgehead atoms. The minimum Gasteiger partial charge on any atom is -0.380 e. The fraction of sp³-hybridized carbons (Fsp3) is 0.769. The van der Waals surface area contributed by atoms with Gasteiger partial charge in [0.05, 0.1) is 12.3 Å². The quantitative estimate of drug-likeness (QED) is 0.866. The Balaban J connectivity index is 2.29. The van der Waals surface area contributed by atoms with Crippen molar-refractivity contribution < 1.29 is 4.74 Å². The van der Waals surface area contributed by atoms with Gasteiger partial charge in [-0.05, 0) is 26.7 Å².